The van der Waals surface area contributed by atoms with Crippen LogP contribution in [0.3, 0.4) is 0 Å². The molecular formula is C22H28N6O2. The van der Waals surface area contributed by atoms with Crippen LogP contribution in [0, 0.1) is 6.92 Å². The third kappa shape index (κ3) is 4.71. The van der Waals surface area contributed by atoms with E-state index in [1.54, 1.807) is 0 Å². The molecule has 2 aromatic heterocycles. The van der Waals surface area contributed by atoms with E-state index in [0.717, 1.165) is 41.1 Å². The second kappa shape index (κ2) is 9.13. The van der Waals surface area contributed by atoms with Gasteiger partial charge in [-0.15, -0.1) is 0 Å². The molecule has 158 valence electrons. The number of anilines is 2. The Morgan fingerprint density at radius 2 is 1.97 bits per heavy atom. The second-order valence-electron chi connectivity index (χ2n) is 7.53. The molecule has 8 nitrogen and oxygen atoms in total. The van der Waals surface area contributed by atoms with Crippen molar-refractivity contribution < 1.29 is 9.53 Å². The number of amides is 1. The zero-order chi connectivity index (χ0) is 20.9. The molecule has 0 spiro atoms. The third-order valence-electron chi connectivity index (χ3n) is 5.24. The molecule has 2 N–H and O–H groups in total. The summed E-state index contributed by atoms with van der Waals surface area (Å²) in [5.74, 6) is 1.50. The lowest BCUT2D eigenvalue weighted by molar-refractivity contribution is -0.120. The fourth-order valence-corrected chi connectivity index (χ4v) is 3.76. The highest BCUT2D eigenvalue weighted by Gasteiger charge is 2.14. The molecule has 1 aromatic carbocycles. The maximum Gasteiger partial charge on any atom is 0.224 e. The normalized spacial score (nSPS) is 14.1. The van der Waals surface area contributed by atoms with E-state index >= 15 is 0 Å². The van der Waals surface area contributed by atoms with E-state index in [1.807, 2.05) is 38.4 Å². The van der Waals surface area contributed by atoms with Crippen LogP contribution in [-0.4, -0.2) is 59.8 Å². The van der Waals surface area contributed by atoms with Crippen molar-refractivity contribution in [3.05, 3.63) is 47.8 Å². The number of aryl methyl sites for hydroxylation is 2. The first kappa shape index (κ1) is 20.2. The molecule has 0 bridgehead atoms. The summed E-state index contributed by atoms with van der Waals surface area (Å²) in [6.07, 6.45) is 2.39. The van der Waals surface area contributed by atoms with Crippen molar-refractivity contribution in [2.45, 2.75) is 13.3 Å². The van der Waals surface area contributed by atoms with Gasteiger partial charge in [-0.3, -0.25) is 4.79 Å². The maximum atomic E-state index is 12.4. The van der Waals surface area contributed by atoms with Gasteiger partial charge in [-0.05, 0) is 18.6 Å². The Labute approximate surface area is 176 Å². The van der Waals surface area contributed by atoms with Crippen LogP contribution in [-0.2, 0) is 23.0 Å². The summed E-state index contributed by atoms with van der Waals surface area (Å²) in [6, 6.07) is 10.1. The summed E-state index contributed by atoms with van der Waals surface area (Å²) in [5, 5.41) is 7.32. The summed E-state index contributed by atoms with van der Waals surface area (Å²) in [7, 11) is 2.00. The van der Waals surface area contributed by atoms with Crippen LogP contribution in [0.5, 0.6) is 0 Å². The number of aromatic nitrogens is 3. The van der Waals surface area contributed by atoms with Crippen molar-refractivity contribution in [2.75, 3.05) is 49.6 Å². The maximum absolute atomic E-state index is 12.4. The zero-order valence-corrected chi connectivity index (χ0v) is 17.5. The topological polar surface area (TPSA) is 84.3 Å². The highest BCUT2D eigenvalue weighted by Crippen LogP contribution is 2.20. The van der Waals surface area contributed by atoms with Crippen LogP contribution < -0.4 is 15.5 Å². The molecule has 0 radical (unpaired) electrons. The van der Waals surface area contributed by atoms with Crippen LogP contribution in [0.25, 0.3) is 10.9 Å². The summed E-state index contributed by atoms with van der Waals surface area (Å²) in [5.41, 5.74) is 3.08. The molecule has 0 atom stereocenters. The Bertz CT molecular complexity index is 1030. The monoisotopic (exact) mass is 408 g/mol. The van der Waals surface area contributed by atoms with Crippen molar-refractivity contribution in [3.8, 4) is 0 Å². The summed E-state index contributed by atoms with van der Waals surface area (Å²) >= 11 is 0. The van der Waals surface area contributed by atoms with Crippen molar-refractivity contribution in [3.63, 3.8) is 0 Å². The number of nitrogens with zero attached hydrogens (tertiary/aromatic N) is 4. The minimum Gasteiger partial charge on any atom is -0.378 e. The number of rotatable bonds is 7. The lowest BCUT2D eigenvalue weighted by atomic mass is 10.1. The molecular weight excluding hydrogens is 380 g/mol. The van der Waals surface area contributed by atoms with Crippen molar-refractivity contribution in [1.29, 1.82) is 0 Å². The second-order valence-corrected chi connectivity index (χ2v) is 7.53. The van der Waals surface area contributed by atoms with Gasteiger partial charge in [-0.25, -0.2) is 4.98 Å². The number of para-hydroxylation sites is 1. The van der Waals surface area contributed by atoms with Gasteiger partial charge in [0.25, 0.3) is 0 Å². The standard InChI is InChI=1S/C22H28N6O2/c1-16-13-20(28-9-11-30-12-10-28)26-22(25-16)24-8-7-23-21(29)14-17-15-27(2)19-6-4-3-5-18(17)19/h3-6,13,15H,7-12,14H2,1-2H3,(H,23,29)(H,24,25,26). The number of carbonyl (C=O) groups is 1. The SMILES string of the molecule is Cc1cc(N2CCOCC2)nc(NCCNC(=O)Cc2cn(C)c3ccccc23)n1. The Morgan fingerprint density at radius 3 is 2.80 bits per heavy atom. The van der Waals surface area contributed by atoms with Crippen LogP contribution in [0.2, 0.25) is 0 Å². The van der Waals surface area contributed by atoms with Gasteiger partial charge in [0.1, 0.15) is 5.82 Å². The number of hydrogen-bond donors (Lipinski definition) is 2. The highest BCUT2D eigenvalue weighted by molar-refractivity contribution is 5.89. The zero-order valence-electron chi connectivity index (χ0n) is 17.5. The van der Waals surface area contributed by atoms with E-state index in [-0.39, 0.29) is 5.91 Å². The molecule has 0 saturated carbocycles. The van der Waals surface area contributed by atoms with Crippen LogP contribution in [0.1, 0.15) is 11.3 Å². The van der Waals surface area contributed by atoms with Crippen molar-refractivity contribution >= 4 is 28.6 Å². The molecule has 30 heavy (non-hydrogen) atoms. The lowest BCUT2D eigenvalue weighted by Gasteiger charge is -2.28. The highest BCUT2D eigenvalue weighted by atomic mass is 16.5. The summed E-state index contributed by atoms with van der Waals surface area (Å²) < 4.78 is 7.47. The average Bonchev–Trinajstić information content (AvgIpc) is 3.07. The molecule has 1 amide bonds. The largest absolute Gasteiger partial charge is 0.378 e. The minimum absolute atomic E-state index is 0.00678. The van der Waals surface area contributed by atoms with Crippen molar-refractivity contribution in [2.24, 2.45) is 7.05 Å². The smallest absolute Gasteiger partial charge is 0.224 e. The van der Waals surface area contributed by atoms with Gasteiger partial charge < -0.3 is 24.8 Å². The van der Waals surface area contributed by atoms with E-state index in [2.05, 4.69) is 42.2 Å². The molecule has 3 heterocycles. The first-order chi connectivity index (χ1) is 14.6. The first-order valence-corrected chi connectivity index (χ1v) is 10.3. The number of hydrogen-bond acceptors (Lipinski definition) is 6. The molecule has 8 heteroatoms. The quantitative estimate of drug-likeness (QED) is 0.581. The van der Waals surface area contributed by atoms with E-state index in [1.165, 1.54) is 0 Å². The summed E-state index contributed by atoms with van der Waals surface area (Å²) in [6.45, 7) is 6.13. The number of fused-ring (bicyclic) bond motifs is 1. The Morgan fingerprint density at radius 1 is 1.17 bits per heavy atom. The van der Waals surface area contributed by atoms with Gasteiger partial charge in [-0.2, -0.15) is 4.98 Å². The van der Waals surface area contributed by atoms with Gasteiger partial charge >= 0.3 is 0 Å². The molecule has 0 unspecified atom stereocenters. The van der Waals surface area contributed by atoms with E-state index < -0.39 is 0 Å². The van der Waals surface area contributed by atoms with Crippen LogP contribution in [0.15, 0.2) is 36.5 Å². The fourth-order valence-electron chi connectivity index (χ4n) is 3.76. The first-order valence-electron chi connectivity index (χ1n) is 10.3. The molecule has 1 saturated heterocycles. The third-order valence-corrected chi connectivity index (χ3v) is 5.24. The number of nitrogens with one attached hydrogen (secondary N) is 2. The van der Waals surface area contributed by atoms with Crippen molar-refractivity contribution in [1.82, 2.24) is 19.9 Å². The predicted octanol–water partition coefficient (Wildman–Crippen LogP) is 1.88. The van der Waals surface area contributed by atoms with Gasteiger partial charge in [0.2, 0.25) is 11.9 Å². The molecule has 3 aromatic rings. The fraction of sp³-hybridized carbons (Fsp3) is 0.409. The Kier molecular flexibility index (Phi) is 6.13. The summed E-state index contributed by atoms with van der Waals surface area (Å²) in [4.78, 5) is 23.7. The molecule has 1 aliphatic rings. The predicted molar refractivity (Wildman–Crippen MR) is 118 cm³/mol. The van der Waals surface area contributed by atoms with E-state index in [0.29, 0.717) is 38.7 Å². The Hall–Kier alpha value is -3.13. The van der Waals surface area contributed by atoms with E-state index in [9.17, 15) is 4.79 Å². The number of carbonyl (C=O) groups excluding carboxylic acids is 1. The lowest BCUT2D eigenvalue weighted by Crippen LogP contribution is -2.37. The Balaban J connectivity index is 1.28. The van der Waals surface area contributed by atoms with Gasteiger partial charge in [0.05, 0.1) is 19.6 Å². The van der Waals surface area contributed by atoms with Crippen LogP contribution in [0.4, 0.5) is 11.8 Å². The molecule has 1 fully saturated rings. The van der Waals surface area contributed by atoms with Crippen LogP contribution >= 0.6 is 0 Å². The van der Waals surface area contributed by atoms with Gasteiger partial charge in [0.15, 0.2) is 0 Å². The number of ether oxygens (including phenoxy) is 1. The molecule has 1 aliphatic heterocycles. The number of morpholine rings is 1. The minimum atomic E-state index is 0.00678. The van der Waals surface area contributed by atoms with Gasteiger partial charge in [0, 0.05) is 62.1 Å². The average molecular weight is 409 g/mol. The van der Waals surface area contributed by atoms with Gasteiger partial charge in [-0.1, -0.05) is 18.2 Å². The van der Waals surface area contributed by atoms with E-state index in [4.69, 9.17) is 4.74 Å². The number of benzene rings is 1. The molecule has 4 rings (SSSR count). The molecule has 0 aliphatic carbocycles.